The Morgan fingerprint density at radius 3 is 1.83 bits per heavy atom. The monoisotopic (exact) mass is 517 g/mol. The van der Waals surface area contributed by atoms with Crippen LogP contribution < -0.4 is 9.63 Å². The zero-order valence-electron chi connectivity index (χ0n) is 23.0. The highest BCUT2D eigenvalue weighted by molar-refractivity contribution is 7.45. The maximum Gasteiger partial charge on any atom is 0.267 e. The van der Waals surface area contributed by atoms with Gasteiger partial charge in [0.2, 0.25) is 0 Å². The molecule has 1 atom stereocenters. The number of para-hydroxylation sites is 1. The van der Waals surface area contributed by atoms with Gasteiger partial charge in [-0.05, 0) is 38.8 Å². The van der Waals surface area contributed by atoms with E-state index in [0.717, 1.165) is 23.3 Å². The van der Waals surface area contributed by atoms with Crippen LogP contribution >= 0.6 is 7.82 Å². The zero-order chi connectivity index (χ0) is 26.4. The average Bonchev–Trinajstić information content (AvgIpc) is 2.79. The number of benzene rings is 1. The molecule has 8 heteroatoms. The molecule has 206 valence electrons. The molecule has 0 fully saturated rings. The Bertz CT molecular complexity index is 634. The third-order valence-electron chi connectivity index (χ3n) is 5.58. The highest BCUT2D eigenvalue weighted by Crippen LogP contribution is 2.37. The molecule has 1 N–H and O–H groups in total. The summed E-state index contributed by atoms with van der Waals surface area (Å²) in [5, 5.41) is 10.3. The molecule has 1 aromatic carbocycles. The molecule has 0 saturated carbocycles. The molecule has 0 amide bonds. The third-order valence-corrected chi connectivity index (χ3v) is 6.73. The van der Waals surface area contributed by atoms with Crippen LogP contribution in [0.1, 0.15) is 85.0 Å². The first-order valence-corrected chi connectivity index (χ1v) is 14.9. The number of aliphatic hydroxyl groups excluding tert-OH is 1. The van der Waals surface area contributed by atoms with E-state index in [1.54, 1.807) is 13.8 Å². The summed E-state index contributed by atoms with van der Waals surface area (Å²) in [6, 6.07) is 9.72. The van der Waals surface area contributed by atoms with E-state index < -0.39 is 13.9 Å². The van der Waals surface area contributed by atoms with Crippen molar-refractivity contribution in [1.29, 1.82) is 0 Å². The number of phosphoric ester groups is 1. The Kier molecular flexibility index (Phi) is 20.6. The van der Waals surface area contributed by atoms with E-state index in [-0.39, 0.29) is 13.2 Å². The van der Waals surface area contributed by atoms with Crippen molar-refractivity contribution in [3.8, 4) is 5.75 Å². The minimum Gasteiger partial charge on any atom is -0.756 e. The number of hydrogen-bond donors (Lipinski definition) is 1. The molecular weight excluding hydrogens is 465 g/mol. The molecule has 0 radical (unpaired) electrons. The molecule has 0 aliphatic rings. The summed E-state index contributed by atoms with van der Waals surface area (Å²) >= 11 is 0. The molecule has 0 aliphatic heterocycles. The number of phosphoric acid groups is 1. The lowest BCUT2D eigenvalue weighted by Crippen LogP contribution is -2.47. The largest absolute Gasteiger partial charge is 0.756 e. The molecule has 1 rings (SSSR count). The van der Waals surface area contributed by atoms with Crippen molar-refractivity contribution in [2.45, 2.75) is 91.1 Å². The zero-order valence-corrected chi connectivity index (χ0v) is 23.8. The SMILES string of the molecule is CCCCCCCCCCCC[N+](C)(C)CC(O)COc1ccccc1.CCOP(=O)([O-])OCC. The topological polar surface area (TPSA) is 88.0 Å². The molecule has 35 heavy (non-hydrogen) atoms. The van der Waals surface area contributed by atoms with Crippen molar-refractivity contribution in [3.05, 3.63) is 30.3 Å². The van der Waals surface area contributed by atoms with Crippen molar-refractivity contribution in [1.82, 2.24) is 0 Å². The molecule has 1 aromatic rings. The van der Waals surface area contributed by atoms with Crippen molar-refractivity contribution in [2.75, 3.05) is 47.0 Å². The molecule has 7 nitrogen and oxygen atoms in total. The summed E-state index contributed by atoms with van der Waals surface area (Å²) in [5.41, 5.74) is 0. The lowest BCUT2D eigenvalue weighted by molar-refractivity contribution is -0.893. The second-order valence-corrected chi connectivity index (χ2v) is 11.0. The number of aliphatic hydroxyl groups is 1. The Labute approximate surface area is 215 Å². The predicted octanol–water partition coefficient (Wildman–Crippen LogP) is 5.95. The number of unbranched alkanes of at least 4 members (excludes halogenated alkanes) is 9. The Morgan fingerprint density at radius 1 is 0.857 bits per heavy atom. The molecule has 0 saturated heterocycles. The van der Waals surface area contributed by atoms with Crippen LogP contribution in [-0.2, 0) is 13.6 Å². The van der Waals surface area contributed by atoms with Gasteiger partial charge in [0.05, 0.1) is 33.9 Å². The van der Waals surface area contributed by atoms with Crippen molar-refractivity contribution in [3.63, 3.8) is 0 Å². The third kappa shape index (κ3) is 22.0. The Hall–Kier alpha value is -0.950. The van der Waals surface area contributed by atoms with Crippen molar-refractivity contribution < 1.29 is 32.8 Å². The normalized spacial score (nSPS) is 12.7. The number of likely N-dealkylation sites (N-methyl/N-ethyl adjacent to an activating group) is 1. The highest BCUT2D eigenvalue weighted by atomic mass is 31.2. The van der Waals surface area contributed by atoms with Gasteiger partial charge in [0.1, 0.15) is 25.0 Å². The van der Waals surface area contributed by atoms with Crippen LogP contribution in [0.4, 0.5) is 0 Å². The van der Waals surface area contributed by atoms with E-state index in [9.17, 15) is 14.6 Å². The first-order chi connectivity index (χ1) is 16.7. The van der Waals surface area contributed by atoms with Gasteiger partial charge < -0.3 is 28.3 Å². The van der Waals surface area contributed by atoms with Gasteiger partial charge in [0.25, 0.3) is 7.82 Å². The number of ether oxygens (including phenoxy) is 1. The van der Waals surface area contributed by atoms with Gasteiger partial charge >= 0.3 is 0 Å². The predicted molar refractivity (Wildman–Crippen MR) is 142 cm³/mol. The molecule has 0 spiro atoms. The van der Waals surface area contributed by atoms with Gasteiger partial charge in [0.15, 0.2) is 0 Å². The lowest BCUT2D eigenvalue weighted by atomic mass is 10.1. The van der Waals surface area contributed by atoms with E-state index in [0.29, 0.717) is 6.61 Å². The molecule has 0 aromatic heterocycles. The molecule has 0 aliphatic carbocycles. The van der Waals surface area contributed by atoms with Gasteiger partial charge in [-0.1, -0.05) is 76.5 Å². The second kappa shape index (κ2) is 21.2. The summed E-state index contributed by atoms with van der Waals surface area (Å²) in [5.74, 6) is 0.826. The summed E-state index contributed by atoms with van der Waals surface area (Å²) in [6.45, 7) is 7.93. The standard InChI is InChI=1S/C23H42NO2.C4H11O4P/c1-4-5-6-7-8-9-10-11-12-16-19-24(2,3)20-22(25)21-26-23-17-14-13-15-18-23;1-3-7-9(5,6)8-4-2/h13-15,17-18,22,25H,4-12,16,19-21H2,1-3H3;3-4H2,1-2H3,(H,5,6)/q+1;/p-1. The van der Waals surface area contributed by atoms with Gasteiger partial charge in [-0.15, -0.1) is 0 Å². The van der Waals surface area contributed by atoms with Crippen LogP contribution in [0.15, 0.2) is 30.3 Å². The second-order valence-electron chi connectivity index (χ2n) is 9.58. The molecular formula is C27H52NO6P. The fourth-order valence-electron chi connectivity index (χ4n) is 3.80. The first-order valence-electron chi connectivity index (χ1n) is 13.4. The number of quaternary nitrogens is 1. The number of hydrogen-bond acceptors (Lipinski definition) is 6. The van der Waals surface area contributed by atoms with Gasteiger partial charge in [-0.2, -0.15) is 0 Å². The fourth-order valence-corrected chi connectivity index (χ4v) is 4.51. The Morgan fingerprint density at radius 2 is 1.34 bits per heavy atom. The molecule has 1 unspecified atom stereocenters. The average molecular weight is 518 g/mol. The molecule has 0 heterocycles. The minimum absolute atomic E-state index is 0.126. The van der Waals surface area contributed by atoms with E-state index in [1.807, 2.05) is 30.3 Å². The number of rotatable bonds is 20. The summed E-state index contributed by atoms with van der Waals surface area (Å²) < 4.78 is 25.4. The van der Waals surface area contributed by atoms with Crippen LogP contribution in [0.3, 0.4) is 0 Å². The van der Waals surface area contributed by atoms with Crippen molar-refractivity contribution >= 4 is 7.82 Å². The maximum absolute atomic E-state index is 10.4. The first kappa shape index (κ1) is 34.0. The van der Waals surface area contributed by atoms with E-state index in [1.165, 1.54) is 64.2 Å². The maximum atomic E-state index is 10.4. The van der Waals surface area contributed by atoms with E-state index in [4.69, 9.17) is 4.74 Å². The Balaban J connectivity index is 0.00000109. The van der Waals surface area contributed by atoms with Crippen LogP contribution in [0.5, 0.6) is 5.75 Å². The summed E-state index contributed by atoms with van der Waals surface area (Å²) in [7, 11) is 0.473. The minimum atomic E-state index is -3.94. The van der Waals surface area contributed by atoms with Crippen LogP contribution in [0.25, 0.3) is 0 Å². The smallest absolute Gasteiger partial charge is 0.267 e. The quantitative estimate of drug-likeness (QED) is 0.131. The van der Waals surface area contributed by atoms with Gasteiger partial charge in [0, 0.05) is 0 Å². The van der Waals surface area contributed by atoms with E-state index >= 15 is 0 Å². The van der Waals surface area contributed by atoms with Gasteiger partial charge in [-0.25, -0.2) is 0 Å². The van der Waals surface area contributed by atoms with Gasteiger partial charge in [-0.3, -0.25) is 4.57 Å². The summed E-state index contributed by atoms with van der Waals surface area (Å²) in [6.07, 6.45) is 13.2. The highest BCUT2D eigenvalue weighted by Gasteiger charge is 2.20. The van der Waals surface area contributed by atoms with Crippen molar-refractivity contribution in [2.24, 2.45) is 0 Å². The molecule has 0 bridgehead atoms. The van der Waals surface area contributed by atoms with E-state index in [2.05, 4.69) is 30.1 Å². The number of nitrogens with zero attached hydrogens (tertiary/aromatic N) is 1. The fraction of sp³-hybridized carbons (Fsp3) is 0.778. The van der Waals surface area contributed by atoms with Crippen LogP contribution in [0.2, 0.25) is 0 Å². The lowest BCUT2D eigenvalue weighted by Gasteiger charge is -2.31. The van der Waals surface area contributed by atoms with Crippen LogP contribution in [0, 0.1) is 0 Å². The summed E-state index contributed by atoms with van der Waals surface area (Å²) in [4.78, 5) is 10.4. The van der Waals surface area contributed by atoms with Crippen LogP contribution in [-0.4, -0.2) is 62.7 Å².